The van der Waals surface area contributed by atoms with Crippen molar-refractivity contribution in [3.8, 4) is 0 Å². The van der Waals surface area contributed by atoms with Gasteiger partial charge in [0.1, 0.15) is 0 Å². The molecule has 4 bridgehead atoms. The number of unbranched alkanes of at least 4 members (excludes halogenated alkanes) is 3. The van der Waals surface area contributed by atoms with Crippen LogP contribution in [0, 0.1) is 29.1 Å². The number of aliphatic hydroxyl groups excluding tert-OH is 1. The predicted molar refractivity (Wildman–Crippen MR) is 148 cm³/mol. The number of allylic oxidation sites excluding steroid dienone is 3. The van der Waals surface area contributed by atoms with Crippen LogP contribution in [0.5, 0.6) is 0 Å². The van der Waals surface area contributed by atoms with E-state index in [1.807, 2.05) is 11.8 Å². The summed E-state index contributed by atoms with van der Waals surface area (Å²) in [5.41, 5.74) is 2.63. The molecular weight excluding hydrogens is 446 g/mol. The van der Waals surface area contributed by atoms with Crippen LogP contribution >= 0.6 is 0 Å². The number of amides is 1. The summed E-state index contributed by atoms with van der Waals surface area (Å²) >= 11 is 0. The molecule has 1 saturated heterocycles. The molecule has 36 heavy (non-hydrogen) atoms. The lowest BCUT2D eigenvalue weighted by atomic mass is 9.48. The Balaban J connectivity index is 1.11. The second kappa shape index (κ2) is 12.9. The van der Waals surface area contributed by atoms with E-state index in [1.54, 1.807) is 0 Å². The average Bonchev–Trinajstić information content (AvgIpc) is 2.86. The van der Waals surface area contributed by atoms with E-state index in [0.29, 0.717) is 31.7 Å². The van der Waals surface area contributed by atoms with Gasteiger partial charge in [-0.2, -0.15) is 0 Å². The Morgan fingerprint density at radius 3 is 2.22 bits per heavy atom. The molecule has 5 aliphatic rings. The highest BCUT2D eigenvalue weighted by Crippen LogP contribution is 2.61. The van der Waals surface area contributed by atoms with Crippen LogP contribution in [0.3, 0.4) is 0 Å². The number of hydrogen-bond donors (Lipinski definition) is 1. The Morgan fingerprint density at radius 1 is 0.972 bits per heavy atom. The van der Waals surface area contributed by atoms with Crippen LogP contribution in [0.4, 0.5) is 0 Å². The van der Waals surface area contributed by atoms with Crippen LogP contribution in [-0.4, -0.2) is 48.3 Å². The van der Waals surface area contributed by atoms with Gasteiger partial charge in [-0.1, -0.05) is 31.2 Å². The van der Waals surface area contributed by atoms with E-state index in [-0.39, 0.29) is 17.9 Å². The summed E-state index contributed by atoms with van der Waals surface area (Å²) in [4.78, 5) is 14.3. The first kappa shape index (κ1) is 27.6. The number of aliphatic hydroxyl groups is 1. The first-order chi connectivity index (χ1) is 17.3. The smallest absolute Gasteiger partial charge is 0.249 e. The maximum Gasteiger partial charge on any atom is 0.249 e. The summed E-state index contributed by atoms with van der Waals surface area (Å²) in [6, 6.07) is 0. The number of hydrogen-bond acceptors (Lipinski definition) is 3. The molecular formula is C32H51NO3. The van der Waals surface area contributed by atoms with Crippen molar-refractivity contribution >= 4 is 5.91 Å². The van der Waals surface area contributed by atoms with Crippen molar-refractivity contribution in [3.63, 3.8) is 0 Å². The summed E-state index contributed by atoms with van der Waals surface area (Å²) in [6.45, 7) is 8.87. The van der Waals surface area contributed by atoms with Crippen LogP contribution in [0.1, 0.15) is 97.8 Å². The SMILES string of the molecule is C/C(=C\CCCC/C=C/[C@@H](C)[C@@H](O)/C(C)=C/CCC12CC3CC(CC(C3)C1)C2)C(=O)N1CCOCC1. The number of carbonyl (C=O) groups is 1. The van der Waals surface area contributed by atoms with Gasteiger partial charge in [0, 0.05) is 24.6 Å². The molecule has 1 amide bonds. The zero-order chi connectivity index (χ0) is 25.5. The lowest BCUT2D eigenvalue weighted by Gasteiger charge is -2.57. The Bertz CT molecular complexity index is 784. The van der Waals surface area contributed by atoms with Gasteiger partial charge in [0.25, 0.3) is 0 Å². The number of rotatable bonds is 12. The van der Waals surface area contributed by atoms with E-state index in [9.17, 15) is 9.90 Å². The van der Waals surface area contributed by atoms with Gasteiger partial charge < -0.3 is 14.7 Å². The zero-order valence-electron chi connectivity index (χ0n) is 23.2. The van der Waals surface area contributed by atoms with Crippen LogP contribution in [0.25, 0.3) is 0 Å². The summed E-state index contributed by atoms with van der Waals surface area (Å²) < 4.78 is 5.33. The van der Waals surface area contributed by atoms with Crippen LogP contribution in [-0.2, 0) is 9.53 Å². The van der Waals surface area contributed by atoms with Crippen LogP contribution < -0.4 is 0 Å². The molecule has 1 aliphatic heterocycles. The van der Waals surface area contributed by atoms with Crippen LogP contribution in [0.2, 0.25) is 0 Å². The Labute approximate surface area is 220 Å². The maximum absolute atomic E-state index is 12.4. The van der Waals surface area contributed by atoms with Gasteiger partial charge in [-0.05, 0) is 120 Å². The second-order valence-corrected chi connectivity index (χ2v) is 12.7. The van der Waals surface area contributed by atoms with E-state index in [0.717, 1.165) is 61.0 Å². The Morgan fingerprint density at radius 2 is 1.58 bits per heavy atom. The van der Waals surface area contributed by atoms with Crippen molar-refractivity contribution in [2.75, 3.05) is 26.3 Å². The Kier molecular flexibility index (Phi) is 9.91. The van der Waals surface area contributed by atoms with Crippen molar-refractivity contribution in [1.29, 1.82) is 0 Å². The molecule has 0 aromatic carbocycles. The molecule has 5 rings (SSSR count). The second-order valence-electron chi connectivity index (χ2n) is 12.7. The minimum atomic E-state index is -0.380. The molecule has 4 saturated carbocycles. The van der Waals surface area contributed by atoms with Gasteiger partial charge in [-0.3, -0.25) is 4.79 Å². The van der Waals surface area contributed by atoms with Gasteiger partial charge in [0.2, 0.25) is 5.91 Å². The van der Waals surface area contributed by atoms with E-state index in [2.05, 4.69) is 38.2 Å². The zero-order valence-corrected chi connectivity index (χ0v) is 23.2. The maximum atomic E-state index is 12.4. The summed E-state index contributed by atoms with van der Waals surface area (Å²) in [7, 11) is 0. The molecule has 0 aromatic rings. The van der Waals surface area contributed by atoms with E-state index in [1.165, 1.54) is 44.9 Å². The van der Waals surface area contributed by atoms with E-state index in [4.69, 9.17) is 4.74 Å². The third-order valence-corrected chi connectivity index (χ3v) is 9.62. The highest BCUT2D eigenvalue weighted by molar-refractivity contribution is 5.92. The molecule has 5 fully saturated rings. The molecule has 4 nitrogen and oxygen atoms in total. The molecule has 0 radical (unpaired) electrons. The third-order valence-electron chi connectivity index (χ3n) is 9.62. The standard InChI is InChI=1S/C32H51NO3/c1-24(10-7-5-4-6-8-11-26(3)31(35)33-14-16-36-17-15-33)30(34)25(2)12-9-13-32-21-27-18-28(22-32)20-29(19-27)23-32/h7,10-12,24,27-30,34H,4-6,8-9,13-23H2,1-3H3/b10-7+,25-12+,26-11+/t24-,27?,28?,29?,30-,32?/m1/s1. The van der Waals surface area contributed by atoms with Crippen molar-refractivity contribution < 1.29 is 14.6 Å². The van der Waals surface area contributed by atoms with Crippen molar-refractivity contribution in [1.82, 2.24) is 4.90 Å². The predicted octanol–water partition coefficient (Wildman–Crippen LogP) is 6.85. The van der Waals surface area contributed by atoms with Gasteiger partial charge in [-0.25, -0.2) is 0 Å². The topological polar surface area (TPSA) is 49.8 Å². The molecule has 202 valence electrons. The van der Waals surface area contributed by atoms with Crippen LogP contribution in [0.15, 0.2) is 35.5 Å². The van der Waals surface area contributed by atoms with Gasteiger partial charge >= 0.3 is 0 Å². The third kappa shape index (κ3) is 7.34. The highest BCUT2D eigenvalue weighted by Gasteiger charge is 2.50. The summed E-state index contributed by atoms with van der Waals surface area (Å²) in [5.74, 6) is 3.37. The number of ether oxygens (including phenoxy) is 1. The molecule has 0 unspecified atom stereocenters. The van der Waals surface area contributed by atoms with E-state index < -0.39 is 0 Å². The Hall–Kier alpha value is -1.39. The molecule has 0 aromatic heterocycles. The van der Waals surface area contributed by atoms with Crippen molar-refractivity contribution in [2.45, 2.75) is 104 Å². The first-order valence-electron chi connectivity index (χ1n) is 14.9. The number of morpholine rings is 1. The normalized spacial score (nSPS) is 32.3. The minimum absolute atomic E-state index is 0.147. The lowest BCUT2D eigenvalue weighted by Crippen LogP contribution is -2.45. The quantitative estimate of drug-likeness (QED) is 0.182. The average molecular weight is 498 g/mol. The molecule has 0 spiro atoms. The fraction of sp³-hybridized carbons (Fsp3) is 0.781. The van der Waals surface area contributed by atoms with Crippen molar-refractivity contribution in [2.24, 2.45) is 29.1 Å². The lowest BCUT2D eigenvalue weighted by molar-refractivity contribution is -0.131. The fourth-order valence-electron chi connectivity index (χ4n) is 7.98. The summed E-state index contributed by atoms with van der Waals surface area (Å²) in [6.07, 6.45) is 24.1. The van der Waals surface area contributed by atoms with Gasteiger partial charge in [0.05, 0.1) is 19.3 Å². The summed E-state index contributed by atoms with van der Waals surface area (Å²) in [5, 5.41) is 10.8. The largest absolute Gasteiger partial charge is 0.388 e. The first-order valence-corrected chi connectivity index (χ1v) is 14.9. The minimum Gasteiger partial charge on any atom is -0.388 e. The molecule has 4 heteroatoms. The fourth-order valence-corrected chi connectivity index (χ4v) is 7.98. The molecule has 4 aliphatic carbocycles. The highest BCUT2D eigenvalue weighted by atomic mass is 16.5. The van der Waals surface area contributed by atoms with Crippen molar-refractivity contribution in [3.05, 3.63) is 35.5 Å². The molecule has 1 heterocycles. The molecule has 2 atom stereocenters. The number of carbonyl (C=O) groups excluding carboxylic acids is 1. The van der Waals surface area contributed by atoms with Gasteiger partial charge in [0.15, 0.2) is 0 Å². The molecule has 1 N–H and O–H groups in total. The monoisotopic (exact) mass is 497 g/mol. The van der Waals surface area contributed by atoms with E-state index >= 15 is 0 Å². The van der Waals surface area contributed by atoms with Gasteiger partial charge in [-0.15, -0.1) is 0 Å². The number of nitrogens with zero attached hydrogens (tertiary/aromatic N) is 1.